The monoisotopic (exact) mass is 422 g/mol. The van der Waals surface area contributed by atoms with Gasteiger partial charge in [-0.3, -0.25) is 4.98 Å². The quantitative estimate of drug-likeness (QED) is 0.452. The standard InChI is InChI=1S/C24H17FN2O3.Na/c1-30-15-4-2-3-13(11-15)19-9-6-16-20(26-19)10-7-17-22(24(28)29)18-12-14(25)5-8-21(18)27-23(16)17;/h2-6,8-9,11-12H,7,10H2,1H3,(H,28,29);/q;+1/p-1. The number of carboxylic acid groups (broad SMARTS) is 1. The fourth-order valence-electron chi connectivity index (χ4n) is 4.07. The Labute approximate surface area is 200 Å². The Kier molecular flexibility index (Phi) is 5.79. The number of carboxylic acids is 1. The van der Waals surface area contributed by atoms with E-state index in [2.05, 4.69) is 4.98 Å². The van der Waals surface area contributed by atoms with Crippen molar-refractivity contribution in [1.82, 2.24) is 9.97 Å². The van der Waals surface area contributed by atoms with Crippen LogP contribution in [0.5, 0.6) is 5.75 Å². The number of halogens is 1. The minimum Gasteiger partial charge on any atom is -0.545 e. The molecule has 5 nitrogen and oxygen atoms in total. The van der Waals surface area contributed by atoms with Crippen molar-refractivity contribution < 1.29 is 48.6 Å². The molecule has 0 fully saturated rings. The van der Waals surface area contributed by atoms with Crippen LogP contribution in [0.3, 0.4) is 0 Å². The van der Waals surface area contributed by atoms with E-state index >= 15 is 0 Å². The Morgan fingerprint density at radius 3 is 2.68 bits per heavy atom. The molecule has 2 heterocycles. The van der Waals surface area contributed by atoms with Crippen molar-refractivity contribution in [3.63, 3.8) is 0 Å². The average Bonchev–Trinajstić information content (AvgIpc) is 2.76. The third-order valence-corrected chi connectivity index (χ3v) is 5.46. The molecule has 0 aliphatic heterocycles. The van der Waals surface area contributed by atoms with Gasteiger partial charge in [-0.25, -0.2) is 9.37 Å². The van der Waals surface area contributed by atoms with Gasteiger partial charge in [-0.05, 0) is 60.9 Å². The zero-order chi connectivity index (χ0) is 20.8. The number of aromatic nitrogens is 2. The van der Waals surface area contributed by atoms with Gasteiger partial charge in [-0.2, -0.15) is 0 Å². The Morgan fingerprint density at radius 1 is 1.06 bits per heavy atom. The minimum absolute atomic E-state index is 0. The molecule has 0 spiro atoms. The largest absolute Gasteiger partial charge is 1.00 e. The fourth-order valence-corrected chi connectivity index (χ4v) is 4.07. The predicted molar refractivity (Wildman–Crippen MR) is 109 cm³/mol. The van der Waals surface area contributed by atoms with Gasteiger partial charge in [0.05, 0.1) is 35.7 Å². The van der Waals surface area contributed by atoms with Crippen molar-refractivity contribution in [3.8, 4) is 28.3 Å². The van der Waals surface area contributed by atoms with Crippen LogP contribution in [0, 0.1) is 5.82 Å². The number of pyridine rings is 2. The van der Waals surface area contributed by atoms with Gasteiger partial charge < -0.3 is 14.6 Å². The molecule has 0 N–H and O–H groups in total. The van der Waals surface area contributed by atoms with E-state index < -0.39 is 11.8 Å². The Balaban J connectivity index is 0.00000231. The number of hydrogen-bond donors (Lipinski definition) is 0. The van der Waals surface area contributed by atoms with Crippen LogP contribution < -0.4 is 39.4 Å². The van der Waals surface area contributed by atoms with Crippen molar-refractivity contribution in [3.05, 3.63) is 77.2 Å². The number of carbonyl (C=O) groups excluding carboxylic acids is 1. The van der Waals surface area contributed by atoms with Gasteiger partial charge in [-0.15, -0.1) is 0 Å². The van der Waals surface area contributed by atoms with Gasteiger partial charge in [0.2, 0.25) is 0 Å². The van der Waals surface area contributed by atoms with Crippen LogP contribution in [0.4, 0.5) is 4.39 Å². The molecule has 1 aliphatic carbocycles. The van der Waals surface area contributed by atoms with Crippen molar-refractivity contribution in [2.45, 2.75) is 12.8 Å². The molecule has 31 heavy (non-hydrogen) atoms. The van der Waals surface area contributed by atoms with Crippen LogP contribution in [-0.4, -0.2) is 23.0 Å². The first-order valence-corrected chi connectivity index (χ1v) is 9.53. The summed E-state index contributed by atoms with van der Waals surface area (Å²) in [6.07, 6.45) is 1.00. The molecule has 0 atom stereocenters. The minimum atomic E-state index is -1.33. The summed E-state index contributed by atoms with van der Waals surface area (Å²) in [5, 5.41) is 12.2. The molecule has 0 bridgehead atoms. The number of benzene rings is 2. The second-order valence-corrected chi connectivity index (χ2v) is 7.19. The number of fused-ring (bicyclic) bond motifs is 4. The summed E-state index contributed by atoms with van der Waals surface area (Å²) in [6.45, 7) is 0. The summed E-state index contributed by atoms with van der Waals surface area (Å²) in [4.78, 5) is 21.4. The van der Waals surface area contributed by atoms with Crippen molar-refractivity contribution in [2.24, 2.45) is 0 Å². The van der Waals surface area contributed by atoms with Gasteiger partial charge in [0, 0.05) is 22.1 Å². The number of rotatable bonds is 3. The van der Waals surface area contributed by atoms with Crippen LogP contribution in [0.1, 0.15) is 21.6 Å². The first-order chi connectivity index (χ1) is 14.5. The number of aryl methyl sites for hydroxylation is 1. The molecule has 1 aliphatic rings. The van der Waals surface area contributed by atoms with Crippen LogP contribution >= 0.6 is 0 Å². The number of methoxy groups -OCH3 is 1. The van der Waals surface area contributed by atoms with Gasteiger partial charge in [0.25, 0.3) is 0 Å². The fraction of sp³-hybridized carbons (Fsp3) is 0.125. The van der Waals surface area contributed by atoms with Gasteiger partial charge in [0.1, 0.15) is 11.6 Å². The normalized spacial score (nSPS) is 11.9. The number of aromatic carboxylic acids is 1. The number of hydrogen-bond acceptors (Lipinski definition) is 5. The van der Waals surface area contributed by atoms with E-state index in [1.165, 1.54) is 18.2 Å². The van der Waals surface area contributed by atoms with Crippen LogP contribution in [0.15, 0.2) is 54.6 Å². The summed E-state index contributed by atoms with van der Waals surface area (Å²) < 4.78 is 19.0. The number of carbonyl (C=O) groups is 1. The maximum absolute atomic E-state index is 13.8. The molecule has 148 valence electrons. The number of ether oxygens (including phenoxy) is 1. The van der Waals surface area contributed by atoms with E-state index in [1.54, 1.807) is 7.11 Å². The SMILES string of the molecule is COc1cccc(-c2ccc3c(n2)CCc2c-3nc3ccc(F)cc3c2C(=O)[O-])c1.[Na+]. The second kappa shape index (κ2) is 8.38. The van der Waals surface area contributed by atoms with Crippen LogP contribution in [-0.2, 0) is 12.8 Å². The zero-order valence-electron chi connectivity index (χ0n) is 17.1. The Morgan fingerprint density at radius 2 is 1.90 bits per heavy atom. The first kappa shape index (κ1) is 21.4. The third-order valence-electron chi connectivity index (χ3n) is 5.46. The molecule has 2 aromatic carbocycles. The predicted octanol–water partition coefficient (Wildman–Crippen LogP) is 0.578. The van der Waals surface area contributed by atoms with Crippen LogP contribution in [0.2, 0.25) is 0 Å². The van der Waals surface area contributed by atoms with Crippen molar-refractivity contribution >= 4 is 16.9 Å². The molecule has 0 saturated carbocycles. The molecule has 4 aromatic rings. The average molecular weight is 422 g/mol. The summed E-state index contributed by atoms with van der Waals surface area (Å²) >= 11 is 0. The van der Waals surface area contributed by atoms with Crippen molar-refractivity contribution in [1.29, 1.82) is 0 Å². The zero-order valence-corrected chi connectivity index (χ0v) is 19.1. The van der Waals surface area contributed by atoms with E-state index in [1.807, 2.05) is 36.4 Å². The molecule has 0 unspecified atom stereocenters. The van der Waals surface area contributed by atoms with Gasteiger partial charge in [-0.1, -0.05) is 12.1 Å². The third kappa shape index (κ3) is 3.71. The Hall–Kier alpha value is -2.80. The van der Waals surface area contributed by atoms with Gasteiger partial charge in [0.15, 0.2) is 0 Å². The van der Waals surface area contributed by atoms with Crippen molar-refractivity contribution in [2.75, 3.05) is 7.11 Å². The molecule has 5 rings (SSSR count). The molecule has 7 heteroatoms. The molecule has 2 aromatic heterocycles. The molecular formula is C24H16FN2NaO3. The molecular weight excluding hydrogens is 406 g/mol. The van der Waals surface area contributed by atoms with E-state index in [0.29, 0.717) is 29.6 Å². The summed E-state index contributed by atoms with van der Waals surface area (Å²) in [7, 11) is 1.62. The second-order valence-electron chi connectivity index (χ2n) is 7.19. The topological polar surface area (TPSA) is 75.1 Å². The van der Waals surface area contributed by atoms with E-state index in [0.717, 1.165) is 28.3 Å². The van der Waals surface area contributed by atoms with E-state index in [4.69, 9.17) is 9.72 Å². The first-order valence-electron chi connectivity index (χ1n) is 9.53. The van der Waals surface area contributed by atoms with Gasteiger partial charge >= 0.3 is 29.6 Å². The summed E-state index contributed by atoms with van der Waals surface area (Å²) in [6, 6.07) is 15.4. The molecule has 0 radical (unpaired) electrons. The smallest absolute Gasteiger partial charge is 0.545 e. The number of nitrogens with zero attached hydrogens (tertiary/aromatic N) is 2. The van der Waals surface area contributed by atoms with Crippen LogP contribution in [0.25, 0.3) is 33.4 Å². The van der Waals surface area contributed by atoms with E-state index in [9.17, 15) is 14.3 Å². The summed E-state index contributed by atoms with van der Waals surface area (Å²) in [5.41, 5.74) is 4.93. The summed E-state index contributed by atoms with van der Waals surface area (Å²) in [5.74, 6) is -1.09. The molecule has 0 saturated heterocycles. The van der Waals surface area contributed by atoms with E-state index in [-0.39, 0.29) is 40.5 Å². The maximum atomic E-state index is 13.8. The Bertz CT molecular complexity index is 1340. The maximum Gasteiger partial charge on any atom is 1.00 e. The molecule has 0 amide bonds.